The fraction of sp³-hybridized carbons (Fsp3) is 1.00. The van der Waals surface area contributed by atoms with E-state index in [-0.39, 0.29) is 0 Å². The van der Waals surface area contributed by atoms with E-state index in [2.05, 4.69) is 19.2 Å². The van der Waals surface area contributed by atoms with Crippen LogP contribution >= 0.6 is 0 Å². The van der Waals surface area contributed by atoms with Crippen molar-refractivity contribution >= 4 is 0 Å². The van der Waals surface area contributed by atoms with Crippen LogP contribution in [0.15, 0.2) is 0 Å². The zero-order valence-corrected chi connectivity index (χ0v) is 9.18. The lowest BCUT2D eigenvalue weighted by Crippen LogP contribution is -2.32. The van der Waals surface area contributed by atoms with Crippen molar-refractivity contribution in [3.8, 4) is 0 Å². The molecule has 1 atom stereocenters. The molecule has 78 valence electrons. The first kappa shape index (κ1) is 11.0. The summed E-state index contributed by atoms with van der Waals surface area (Å²) in [7, 11) is 2.04. The molecule has 0 bridgehead atoms. The normalized spacial score (nSPS) is 19.4. The lowest BCUT2D eigenvalue weighted by atomic mass is 10.1. The molecule has 2 heteroatoms. The molecule has 0 aromatic heterocycles. The van der Waals surface area contributed by atoms with Crippen molar-refractivity contribution in [2.45, 2.75) is 39.2 Å². The maximum atomic E-state index is 5.64. The molecule has 1 aliphatic carbocycles. The van der Waals surface area contributed by atoms with Crippen molar-refractivity contribution < 1.29 is 4.74 Å². The van der Waals surface area contributed by atoms with Crippen molar-refractivity contribution in [1.82, 2.24) is 5.32 Å². The van der Waals surface area contributed by atoms with Gasteiger partial charge in [-0.2, -0.15) is 0 Å². The van der Waals surface area contributed by atoms with E-state index in [1.54, 1.807) is 0 Å². The number of nitrogens with one attached hydrogen (secondary N) is 1. The molecular formula is C11H23NO. The van der Waals surface area contributed by atoms with Gasteiger partial charge in [0, 0.05) is 12.6 Å². The third kappa shape index (κ3) is 4.63. The molecule has 1 saturated carbocycles. The molecule has 0 aromatic carbocycles. The van der Waals surface area contributed by atoms with E-state index in [0.29, 0.717) is 6.04 Å². The lowest BCUT2D eigenvalue weighted by molar-refractivity contribution is 0.0989. The number of rotatable bonds is 7. The van der Waals surface area contributed by atoms with Crippen LogP contribution < -0.4 is 5.32 Å². The van der Waals surface area contributed by atoms with E-state index < -0.39 is 0 Å². The molecule has 0 amide bonds. The molecule has 0 aromatic rings. The Labute approximate surface area is 82.0 Å². The Hall–Kier alpha value is -0.0800. The van der Waals surface area contributed by atoms with Gasteiger partial charge in [0.15, 0.2) is 0 Å². The first-order valence-corrected chi connectivity index (χ1v) is 5.49. The Morgan fingerprint density at radius 2 is 2.08 bits per heavy atom. The second-order valence-electron chi connectivity index (χ2n) is 4.49. The van der Waals surface area contributed by atoms with Crippen LogP contribution in [-0.2, 0) is 4.74 Å². The molecule has 1 fully saturated rings. The van der Waals surface area contributed by atoms with Crippen LogP contribution in [0.25, 0.3) is 0 Å². The summed E-state index contributed by atoms with van der Waals surface area (Å²) in [5.74, 6) is 1.65. The highest BCUT2D eigenvalue weighted by Crippen LogP contribution is 2.32. The second kappa shape index (κ2) is 5.61. The van der Waals surface area contributed by atoms with E-state index in [1.807, 2.05) is 7.05 Å². The minimum atomic E-state index is 0.604. The summed E-state index contributed by atoms with van der Waals surface area (Å²) in [6.07, 6.45) is 3.96. The van der Waals surface area contributed by atoms with Crippen molar-refractivity contribution in [3.63, 3.8) is 0 Å². The smallest absolute Gasteiger partial charge is 0.0622 e. The van der Waals surface area contributed by atoms with Crippen LogP contribution in [-0.4, -0.2) is 26.3 Å². The van der Waals surface area contributed by atoms with E-state index in [0.717, 1.165) is 25.0 Å². The summed E-state index contributed by atoms with van der Waals surface area (Å²) < 4.78 is 5.64. The quantitative estimate of drug-likeness (QED) is 0.613. The molecule has 2 nitrogen and oxygen atoms in total. The molecule has 0 radical (unpaired) electrons. The predicted octanol–water partition coefficient (Wildman–Crippen LogP) is 2.05. The van der Waals surface area contributed by atoms with E-state index in [9.17, 15) is 0 Å². The van der Waals surface area contributed by atoms with Crippen LogP contribution in [0.2, 0.25) is 0 Å². The third-order valence-corrected chi connectivity index (χ3v) is 2.70. The van der Waals surface area contributed by atoms with Gasteiger partial charge in [-0.1, -0.05) is 13.8 Å². The van der Waals surface area contributed by atoms with Gasteiger partial charge in [0.25, 0.3) is 0 Å². The van der Waals surface area contributed by atoms with E-state index in [1.165, 1.54) is 19.3 Å². The topological polar surface area (TPSA) is 21.3 Å². The van der Waals surface area contributed by atoms with Crippen LogP contribution in [0.3, 0.4) is 0 Å². The van der Waals surface area contributed by atoms with Crippen LogP contribution in [0.5, 0.6) is 0 Å². The van der Waals surface area contributed by atoms with Crippen LogP contribution in [0, 0.1) is 11.8 Å². The summed E-state index contributed by atoms with van der Waals surface area (Å²) in [6, 6.07) is 0.604. The van der Waals surface area contributed by atoms with Crippen LogP contribution in [0.1, 0.15) is 33.1 Å². The highest BCUT2D eigenvalue weighted by molar-refractivity contribution is 4.85. The van der Waals surface area contributed by atoms with Crippen LogP contribution in [0.4, 0.5) is 0 Å². The Morgan fingerprint density at radius 1 is 1.38 bits per heavy atom. The van der Waals surface area contributed by atoms with E-state index in [4.69, 9.17) is 4.74 Å². The maximum absolute atomic E-state index is 5.64. The average Bonchev–Trinajstić information content (AvgIpc) is 2.87. The second-order valence-corrected chi connectivity index (χ2v) is 4.49. The van der Waals surface area contributed by atoms with Gasteiger partial charge in [-0.15, -0.1) is 0 Å². The first-order valence-electron chi connectivity index (χ1n) is 5.49. The molecule has 0 aliphatic heterocycles. The predicted molar refractivity (Wildman–Crippen MR) is 55.8 cm³/mol. The summed E-state index contributed by atoms with van der Waals surface area (Å²) in [5.41, 5.74) is 0. The van der Waals surface area contributed by atoms with Gasteiger partial charge in [-0.05, 0) is 38.1 Å². The lowest BCUT2D eigenvalue weighted by Gasteiger charge is -2.15. The minimum Gasteiger partial charge on any atom is -0.380 e. The standard InChI is InChI=1S/C11H23NO/c1-9(2)6-7-13-8-11(12-3)10-4-5-10/h9-12H,4-8H2,1-3H3. The van der Waals surface area contributed by atoms with Gasteiger partial charge in [0.05, 0.1) is 6.61 Å². The highest BCUT2D eigenvalue weighted by Gasteiger charge is 2.29. The molecule has 0 saturated heterocycles. The Kier molecular flexibility index (Phi) is 4.74. The molecule has 0 heterocycles. The SMILES string of the molecule is CNC(COCCC(C)C)C1CC1. The molecule has 0 spiro atoms. The van der Waals surface area contributed by atoms with Gasteiger partial charge < -0.3 is 10.1 Å². The van der Waals surface area contributed by atoms with Gasteiger partial charge in [-0.25, -0.2) is 0 Å². The summed E-state index contributed by atoms with van der Waals surface area (Å²) in [6.45, 7) is 6.29. The summed E-state index contributed by atoms with van der Waals surface area (Å²) >= 11 is 0. The van der Waals surface area contributed by atoms with Gasteiger partial charge in [-0.3, -0.25) is 0 Å². The fourth-order valence-corrected chi connectivity index (χ4v) is 1.48. The third-order valence-electron chi connectivity index (χ3n) is 2.70. The molecule has 1 aliphatic rings. The zero-order valence-electron chi connectivity index (χ0n) is 9.18. The van der Waals surface area contributed by atoms with E-state index >= 15 is 0 Å². The zero-order chi connectivity index (χ0) is 9.68. The Balaban J connectivity index is 1.96. The van der Waals surface area contributed by atoms with Crippen molar-refractivity contribution in [2.75, 3.05) is 20.3 Å². The van der Waals surface area contributed by atoms with Gasteiger partial charge >= 0.3 is 0 Å². The summed E-state index contributed by atoms with van der Waals surface area (Å²) in [5, 5.41) is 3.33. The Bertz CT molecular complexity index is 132. The number of ether oxygens (including phenoxy) is 1. The van der Waals surface area contributed by atoms with Gasteiger partial charge in [0.1, 0.15) is 0 Å². The largest absolute Gasteiger partial charge is 0.380 e. The summed E-state index contributed by atoms with van der Waals surface area (Å²) in [4.78, 5) is 0. The molecule has 1 unspecified atom stereocenters. The minimum absolute atomic E-state index is 0.604. The van der Waals surface area contributed by atoms with Crippen molar-refractivity contribution in [1.29, 1.82) is 0 Å². The maximum Gasteiger partial charge on any atom is 0.0622 e. The number of hydrogen-bond donors (Lipinski definition) is 1. The van der Waals surface area contributed by atoms with Gasteiger partial charge in [0.2, 0.25) is 0 Å². The first-order chi connectivity index (χ1) is 6.24. The molecule has 1 rings (SSSR count). The van der Waals surface area contributed by atoms with Crippen molar-refractivity contribution in [2.24, 2.45) is 11.8 Å². The molecule has 1 N–H and O–H groups in total. The fourth-order valence-electron chi connectivity index (χ4n) is 1.48. The molecular weight excluding hydrogens is 162 g/mol. The monoisotopic (exact) mass is 185 g/mol. The van der Waals surface area contributed by atoms with Crippen molar-refractivity contribution in [3.05, 3.63) is 0 Å². The highest BCUT2D eigenvalue weighted by atomic mass is 16.5. The number of likely N-dealkylation sites (N-methyl/N-ethyl adjacent to an activating group) is 1. The molecule has 13 heavy (non-hydrogen) atoms. The number of hydrogen-bond acceptors (Lipinski definition) is 2. The Morgan fingerprint density at radius 3 is 2.54 bits per heavy atom. The average molecular weight is 185 g/mol.